The Hall–Kier alpha value is -4.58. The first-order valence-corrected chi connectivity index (χ1v) is 12.5. The van der Waals surface area contributed by atoms with Gasteiger partial charge in [0, 0.05) is 6.42 Å². The Balaban J connectivity index is 1.50. The van der Waals surface area contributed by atoms with E-state index in [1.54, 1.807) is 0 Å². The third-order valence-electron chi connectivity index (χ3n) is 5.95. The quantitative estimate of drug-likeness (QED) is 0.263. The van der Waals surface area contributed by atoms with Crippen molar-refractivity contribution in [2.24, 2.45) is 0 Å². The van der Waals surface area contributed by atoms with Crippen molar-refractivity contribution in [3.63, 3.8) is 0 Å². The van der Waals surface area contributed by atoms with Gasteiger partial charge in [-0.3, -0.25) is 4.79 Å². The molecule has 0 spiro atoms. The maximum absolute atomic E-state index is 12.7. The van der Waals surface area contributed by atoms with E-state index >= 15 is 0 Å². The fourth-order valence-electron chi connectivity index (χ4n) is 3.98. The van der Waals surface area contributed by atoms with Crippen LogP contribution in [0.1, 0.15) is 22.3 Å². The molecule has 0 saturated heterocycles. The van der Waals surface area contributed by atoms with Gasteiger partial charge in [-0.2, -0.15) is 0 Å². The van der Waals surface area contributed by atoms with Crippen LogP contribution in [0, 0.1) is 0 Å². The third kappa shape index (κ3) is 7.96. The molecule has 0 heterocycles. The number of benzene rings is 4. The molecule has 194 valence electrons. The molecule has 1 amide bonds. The summed E-state index contributed by atoms with van der Waals surface area (Å²) in [6, 6.07) is 33.8. The first-order chi connectivity index (χ1) is 18.6. The zero-order valence-corrected chi connectivity index (χ0v) is 21.3. The summed E-state index contributed by atoms with van der Waals surface area (Å²) in [5.41, 5.74) is 3.73. The number of amides is 1. The second-order valence-corrected chi connectivity index (χ2v) is 8.84. The lowest BCUT2D eigenvalue weighted by Crippen LogP contribution is -2.43. The Morgan fingerprint density at radius 1 is 0.658 bits per heavy atom. The molecule has 4 rings (SSSR count). The van der Waals surface area contributed by atoms with Crippen LogP contribution in [0.25, 0.3) is 0 Å². The summed E-state index contributed by atoms with van der Waals surface area (Å²) < 4.78 is 17.2. The zero-order valence-electron chi connectivity index (χ0n) is 21.3. The Morgan fingerprint density at radius 3 is 1.74 bits per heavy atom. The van der Waals surface area contributed by atoms with Crippen LogP contribution >= 0.6 is 0 Å². The van der Waals surface area contributed by atoms with Gasteiger partial charge in [0.2, 0.25) is 5.91 Å². The van der Waals surface area contributed by atoms with E-state index in [0.717, 1.165) is 22.3 Å². The lowest BCUT2D eigenvalue weighted by atomic mass is 10.0. The summed E-state index contributed by atoms with van der Waals surface area (Å²) in [6.07, 6.45) is 0.417. The standard InChI is InChI=1S/C32H31NO5/c1-36-32(35)28(33-31(34)21-24-11-5-2-6-12-24)19-27-17-18-29(37-22-25-13-7-3-8-14-25)30(20-27)38-23-26-15-9-4-10-16-26/h2-18,20,28H,19,21-23H2,1H3,(H,33,34)/t28-/m1/s1. The van der Waals surface area contributed by atoms with Crippen molar-refractivity contribution in [2.45, 2.75) is 32.1 Å². The van der Waals surface area contributed by atoms with Crippen molar-refractivity contribution in [2.75, 3.05) is 7.11 Å². The molecule has 6 nitrogen and oxygen atoms in total. The molecule has 6 heteroatoms. The molecule has 1 atom stereocenters. The van der Waals surface area contributed by atoms with Crippen LogP contribution in [0.3, 0.4) is 0 Å². The smallest absolute Gasteiger partial charge is 0.328 e. The summed E-state index contributed by atoms with van der Waals surface area (Å²) in [5, 5.41) is 2.82. The molecule has 0 bridgehead atoms. The van der Waals surface area contributed by atoms with Crippen LogP contribution in [0.5, 0.6) is 11.5 Å². The Bertz CT molecular complexity index is 1310. The molecule has 0 fully saturated rings. The number of hydrogen-bond donors (Lipinski definition) is 1. The van der Waals surface area contributed by atoms with Crippen LogP contribution < -0.4 is 14.8 Å². The fraction of sp³-hybridized carbons (Fsp3) is 0.188. The summed E-state index contributed by atoms with van der Waals surface area (Å²) in [6.45, 7) is 0.752. The lowest BCUT2D eigenvalue weighted by Gasteiger charge is -2.19. The minimum absolute atomic E-state index is 0.173. The Morgan fingerprint density at radius 2 is 1.18 bits per heavy atom. The average Bonchev–Trinajstić information content (AvgIpc) is 2.96. The van der Waals surface area contributed by atoms with E-state index in [4.69, 9.17) is 14.2 Å². The normalized spacial score (nSPS) is 11.3. The van der Waals surface area contributed by atoms with Gasteiger partial charge < -0.3 is 19.5 Å². The van der Waals surface area contributed by atoms with Gasteiger partial charge in [-0.1, -0.05) is 97.1 Å². The minimum Gasteiger partial charge on any atom is -0.485 e. The number of hydrogen-bond acceptors (Lipinski definition) is 5. The first-order valence-electron chi connectivity index (χ1n) is 12.5. The third-order valence-corrected chi connectivity index (χ3v) is 5.95. The highest BCUT2D eigenvalue weighted by Gasteiger charge is 2.23. The molecular formula is C32H31NO5. The van der Waals surface area contributed by atoms with E-state index in [1.807, 2.05) is 109 Å². The topological polar surface area (TPSA) is 73.9 Å². The molecule has 0 saturated carbocycles. The van der Waals surface area contributed by atoms with Crippen molar-refractivity contribution in [1.29, 1.82) is 0 Å². The number of ether oxygens (including phenoxy) is 3. The molecule has 0 aliphatic rings. The van der Waals surface area contributed by atoms with E-state index in [-0.39, 0.29) is 18.7 Å². The number of carbonyl (C=O) groups is 2. The van der Waals surface area contributed by atoms with E-state index in [0.29, 0.717) is 24.7 Å². The molecule has 0 aliphatic heterocycles. The molecule has 38 heavy (non-hydrogen) atoms. The Kier molecular flexibility index (Phi) is 9.51. The first kappa shape index (κ1) is 26.5. The lowest BCUT2D eigenvalue weighted by molar-refractivity contribution is -0.145. The molecule has 0 radical (unpaired) electrons. The van der Waals surface area contributed by atoms with Gasteiger partial charge in [-0.25, -0.2) is 4.79 Å². The number of rotatable bonds is 12. The predicted octanol–water partition coefficient (Wildman–Crippen LogP) is 5.29. The van der Waals surface area contributed by atoms with Crippen LogP contribution in [-0.4, -0.2) is 25.0 Å². The second-order valence-electron chi connectivity index (χ2n) is 8.84. The van der Waals surface area contributed by atoms with Gasteiger partial charge in [0.15, 0.2) is 11.5 Å². The van der Waals surface area contributed by atoms with Crippen molar-refractivity contribution in [3.05, 3.63) is 131 Å². The number of esters is 1. The fourth-order valence-corrected chi connectivity index (χ4v) is 3.98. The summed E-state index contributed by atoms with van der Waals surface area (Å²) >= 11 is 0. The molecule has 4 aromatic rings. The SMILES string of the molecule is COC(=O)[C@@H](Cc1ccc(OCc2ccccc2)c(OCc2ccccc2)c1)NC(=O)Cc1ccccc1. The highest BCUT2D eigenvalue weighted by molar-refractivity contribution is 5.85. The summed E-state index contributed by atoms with van der Waals surface area (Å²) in [7, 11) is 1.31. The van der Waals surface area contributed by atoms with E-state index in [2.05, 4.69) is 5.32 Å². The summed E-state index contributed by atoms with van der Waals surface area (Å²) in [5.74, 6) is 0.385. The van der Waals surface area contributed by atoms with E-state index < -0.39 is 12.0 Å². The van der Waals surface area contributed by atoms with Gasteiger partial charge in [0.25, 0.3) is 0 Å². The zero-order chi connectivity index (χ0) is 26.6. The molecule has 1 N–H and O–H groups in total. The average molecular weight is 510 g/mol. The molecular weight excluding hydrogens is 478 g/mol. The van der Waals surface area contributed by atoms with Gasteiger partial charge in [-0.05, 0) is 34.4 Å². The molecule has 0 aliphatic carbocycles. The number of methoxy groups -OCH3 is 1. The van der Waals surface area contributed by atoms with Gasteiger partial charge in [-0.15, -0.1) is 0 Å². The van der Waals surface area contributed by atoms with Crippen LogP contribution in [-0.2, 0) is 40.4 Å². The monoisotopic (exact) mass is 509 g/mol. The van der Waals surface area contributed by atoms with Crippen LogP contribution in [0.2, 0.25) is 0 Å². The highest BCUT2D eigenvalue weighted by Crippen LogP contribution is 2.30. The van der Waals surface area contributed by atoms with Crippen LogP contribution in [0.15, 0.2) is 109 Å². The highest BCUT2D eigenvalue weighted by atomic mass is 16.5. The van der Waals surface area contributed by atoms with E-state index in [9.17, 15) is 9.59 Å². The van der Waals surface area contributed by atoms with Gasteiger partial charge in [0.05, 0.1) is 13.5 Å². The molecule has 4 aromatic carbocycles. The Labute approximate surface area is 223 Å². The maximum Gasteiger partial charge on any atom is 0.328 e. The van der Waals surface area contributed by atoms with Crippen molar-refractivity contribution in [1.82, 2.24) is 5.32 Å². The van der Waals surface area contributed by atoms with E-state index in [1.165, 1.54) is 7.11 Å². The van der Waals surface area contributed by atoms with Crippen LogP contribution in [0.4, 0.5) is 0 Å². The number of carbonyl (C=O) groups excluding carboxylic acids is 2. The predicted molar refractivity (Wildman–Crippen MR) is 146 cm³/mol. The maximum atomic E-state index is 12.7. The molecule has 0 unspecified atom stereocenters. The second kappa shape index (κ2) is 13.7. The van der Waals surface area contributed by atoms with Gasteiger partial charge >= 0.3 is 5.97 Å². The van der Waals surface area contributed by atoms with Gasteiger partial charge in [0.1, 0.15) is 19.3 Å². The van der Waals surface area contributed by atoms with Crippen molar-refractivity contribution >= 4 is 11.9 Å². The minimum atomic E-state index is -0.839. The summed E-state index contributed by atoms with van der Waals surface area (Å²) in [4.78, 5) is 25.2. The van der Waals surface area contributed by atoms with Crippen molar-refractivity contribution in [3.8, 4) is 11.5 Å². The largest absolute Gasteiger partial charge is 0.485 e. The molecule has 0 aromatic heterocycles. The number of nitrogens with one attached hydrogen (secondary N) is 1. The van der Waals surface area contributed by atoms with Crippen molar-refractivity contribution < 1.29 is 23.8 Å².